The number of aromatic amines is 2. The predicted molar refractivity (Wildman–Crippen MR) is 81.3 cm³/mol. The lowest BCUT2D eigenvalue weighted by molar-refractivity contribution is 0.0658. The summed E-state index contributed by atoms with van der Waals surface area (Å²) in [6.45, 7) is 4.80. The summed E-state index contributed by atoms with van der Waals surface area (Å²) < 4.78 is 0. The number of amides is 1. The smallest absolute Gasteiger partial charge is 0.270 e. The molecule has 0 unspecified atom stereocenters. The van der Waals surface area contributed by atoms with Crippen molar-refractivity contribution in [3.63, 3.8) is 0 Å². The minimum absolute atomic E-state index is 0.0697. The fourth-order valence-electron chi connectivity index (χ4n) is 2.78. The summed E-state index contributed by atoms with van der Waals surface area (Å²) >= 11 is 0. The second-order valence-corrected chi connectivity index (χ2v) is 5.74. The first-order valence-electron chi connectivity index (χ1n) is 7.45. The molecule has 0 bridgehead atoms. The Morgan fingerprint density at radius 1 is 1.45 bits per heavy atom. The maximum atomic E-state index is 12.4. The third-order valence-electron chi connectivity index (χ3n) is 3.83. The molecule has 1 saturated heterocycles. The third-order valence-corrected chi connectivity index (χ3v) is 3.83. The lowest BCUT2D eigenvalue weighted by Gasteiger charge is -2.21. The molecule has 2 aromatic rings. The second kappa shape index (κ2) is 6.33. The minimum atomic E-state index is -0.558. The molecule has 0 saturated carbocycles. The quantitative estimate of drug-likeness (QED) is 0.764. The monoisotopic (exact) mass is 303 g/mol. The molecule has 3 N–H and O–H groups in total. The van der Waals surface area contributed by atoms with Crippen molar-refractivity contribution in [2.75, 3.05) is 26.2 Å². The molecule has 1 aliphatic rings. The minimum Gasteiger partial charge on any atom is -0.390 e. The zero-order chi connectivity index (χ0) is 15.5. The number of H-pyrrole nitrogens is 2. The van der Waals surface area contributed by atoms with Gasteiger partial charge in [0.25, 0.3) is 5.91 Å². The Bertz CT molecular complexity index is 622. The van der Waals surface area contributed by atoms with Crippen molar-refractivity contribution >= 4 is 5.91 Å². The highest BCUT2D eigenvalue weighted by Crippen LogP contribution is 2.10. The molecule has 0 aromatic carbocycles. The Morgan fingerprint density at radius 3 is 3.00 bits per heavy atom. The molecule has 3 rings (SSSR count). The van der Waals surface area contributed by atoms with Gasteiger partial charge in [-0.15, -0.1) is 0 Å². The van der Waals surface area contributed by atoms with E-state index in [-0.39, 0.29) is 5.91 Å². The highest BCUT2D eigenvalue weighted by Gasteiger charge is 2.25. The van der Waals surface area contributed by atoms with Gasteiger partial charge in [-0.25, -0.2) is 4.98 Å². The van der Waals surface area contributed by atoms with Crippen LogP contribution in [0.3, 0.4) is 0 Å². The Morgan fingerprint density at radius 2 is 2.32 bits per heavy atom. The van der Waals surface area contributed by atoms with Crippen molar-refractivity contribution in [3.05, 3.63) is 41.7 Å². The number of nitrogens with zero attached hydrogens (tertiary/aromatic N) is 3. The van der Waals surface area contributed by atoms with Gasteiger partial charge in [0.05, 0.1) is 12.6 Å². The Kier molecular flexibility index (Phi) is 4.26. The van der Waals surface area contributed by atoms with Crippen LogP contribution in [0.25, 0.3) is 0 Å². The average Bonchev–Trinajstić information content (AvgIpc) is 3.10. The first kappa shape index (κ1) is 14.8. The van der Waals surface area contributed by atoms with Crippen LogP contribution in [0.5, 0.6) is 0 Å². The van der Waals surface area contributed by atoms with Gasteiger partial charge in [-0.3, -0.25) is 9.69 Å². The normalized spacial score (nSPS) is 20.1. The number of aryl methyl sites for hydroxylation is 1. The molecule has 1 atom stereocenters. The van der Waals surface area contributed by atoms with Crippen LogP contribution >= 0.6 is 0 Å². The highest BCUT2D eigenvalue weighted by molar-refractivity contribution is 5.92. The summed E-state index contributed by atoms with van der Waals surface area (Å²) in [6, 6.07) is 3.55. The van der Waals surface area contributed by atoms with Gasteiger partial charge in [-0.2, -0.15) is 0 Å². The number of aliphatic hydroxyl groups excluding tert-OH is 1. The van der Waals surface area contributed by atoms with E-state index in [1.54, 1.807) is 29.4 Å². The number of nitrogens with one attached hydrogen (secondary N) is 2. The number of carbonyl (C=O) groups is 1. The van der Waals surface area contributed by atoms with E-state index >= 15 is 0 Å². The molecule has 22 heavy (non-hydrogen) atoms. The zero-order valence-corrected chi connectivity index (χ0v) is 12.6. The molecular weight excluding hydrogens is 282 g/mol. The topological polar surface area (TPSA) is 88.2 Å². The van der Waals surface area contributed by atoms with E-state index in [1.807, 2.05) is 6.92 Å². The fraction of sp³-hybridized carbons (Fsp3) is 0.467. The van der Waals surface area contributed by atoms with Crippen LogP contribution in [0.15, 0.2) is 24.5 Å². The van der Waals surface area contributed by atoms with Gasteiger partial charge in [-0.05, 0) is 19.1 Å². The number of aliphatic hydroxyl groups is 1. The van der Waals surface area contributed by atoms with Crippen molar-refractivity contribution in [1.29, 1.82) is 0 Å². The molecule has 1 fully saturated rings. The lowest BCUT2D eigenvalue weighted by atomic mass is 10.3. The summed E-state index contributed by atoms with van der Waals surface area (Å²) in [6.07, 6.45) is 2.97. The highest BCUT2D eigenvalue weighted by atomic mass is 16.3. The van der Waals surface area contributed by atoms with Gasteiger partial charge in [-0.1, -0.05) is 0 Å². The van der Waals surface area contributed by atoms with Crippen LogP contribution in [0.2, 0.25) is 0 Å². The van der Waals surface area contributed by atoms with E-state index < -0.39 is 6.10 Å². The molecule has 1 amide bonds. The summed E-state index contributed by atoms with van der Waals surface area (Å²) in [7, 11) is 0. The van der Waals surface area contributed by atoms with E-state index in [9.17, 15) is 9.90 Å². The van der Waals surface area contributed by atoms with E-state index in [2.05, 4.69) is 19.9 Å². The summed E-state index contributed by atoms with van der Waals surface area (Å²) in [5.74, 6) is 0.814. The van der Waals surface area contributed by atoms with Crippen LogP contribution in [0.1, 0.15) is 22.0 Å². The molecule has 118 valence electrons. The Labute approximate surface area is 129 Å². The number of carbonyl (C=O) groups excluding carboxylic acids is 1. The van der Waals surface area contributed by atoms with Gasteiger partial charge in [0.15, 0.2) is 0 Å². The van der Waals surface area contributed by atoms with E-state index in [1.165, 1.54) is 0 Å². The van der Waals surface area contributed by atoms with Gasteiger partial charge < -0.3 is 20.0 Å². The van der Waals surface area contributed by atoms with E-state index in [0.29, 0.717) is 38.4 Å². The maximum absolute atomic E-state index is 12.4. The number of hydrogen-bond donors (Lipinski definition) is 3. The number of β-amino-alcohol motifs (C(OH)–C–C–N with tert-alkyl or cyclic N) is 1. The SMILES string of the molecule is Cc1cnc(CN2CCN(C(=O)c3ccc[nH]3)C[C@H](O)C2)[nH]1. The molecule has 3 heterocycles. The summed E-state index contributed by atoms with van der Waals surface area (Å²) in [5, 5.41) is 10.2. The first-order chi connectivity index (χ1) is 10.6. The number of rotatable bonds is 3. The molecule has 7 heteroatoms. The fourth-order valence-corrected chi connectivity index (χ4v) is 2.78. The second-order valence-electron chi connectivity index (χ2n) is 5.74. The van der Waals surface area contributed by atoms with Gasteiger partial charge in [0.2, 0.25) is 0 Å². The molecule has 0 aliphatic carbocycles. The number of imidazole rings is 1. The van der Waals surface area contributed by atoms with Crippen molar-refractivity contribution in [3.8, 4) is 0 Å². The van der Waals surface area contributed by atoms with Gasteiger partial charge >= 0.3 is 0 Å². The van der Waals surface area contributed by atoms with Crippen LogP contribution in [0.4, 0.5) is 0 Å². The zero-order valence-electron chi connectivity index (χ0n) is 12.6. The molecule has 0 radical (unpaired) electrons. The van der Waals surface area contributed by atoms with E-state index in [0.717, 1.165) is 11.5 Å². The van der Waals surface area contributed by atoms with Crippen LogP contribution in [-0.4, -0.2) is 68.0 Å². The van der Waals surface area contributed by atoms with E-state index in [4.69, 9.17) is 0 Å². The maximum Gasteiger partial charge on any atom is 0.270 e. The van der Waals surface area contributed by atoms with Crippen LogP contribution in [-0.2, 0) is 6.54 Å². The number of aromatic nitrogens is 3. The Balaban J connectivity index is 1.64. The third kappa shape index (κ3) is 3.37. The number of hydrogen-bond acceptors (Lipinski definition) is 4. The summed E-state index contributed by atoms with van der Waals surface area (Å²) in [4.78, 5) is 26.6. The molecule has 1 aliphatic heterocycles. The molecule has 7 nitrogen and oxygen atoms in total. The van der Waals surface area contributed by atoms with Crippen LogP contribution in [0, 0.1) is 6.92 Å². The van der Waals surface area contributed by atoms with Crippen LogP contribution < -0.4 is 0 Å². The van der Waals surface area contributed by atoms with Crippen molar-refractivity contribution < 1.29 is 9.90 Å². The predicted octanol–water partition coefficient (Wildman–Crippen LogP) is 0.365. The van der Waals surface area contributed by atoms with Crippen molar-refractivity contribution in [2.45, 2.75) is 19.6 Å². The average molecular weight is 303 g/mol. The molecular formula is C15H21N5O2. The van der Waals surface area contributed by atoms with Crippen molar-refractivity contribution in [1.82, 2.24) is 24.8 Å². The summed E-state index contributed by atoms with van der Waals surface area (Å²) in [5.41, 5.74) is 1.58. The van der Waals surface area contributed by atoms with Crippen molar-refractivity contribution in [2.24, 2.45) is 0 Å². The Hall–Kier alpha value is -2.12. The lowest BCUT2D eigenvalue weighted by Crippen LogP contribution is -2.37. The molecule has 0 spiro atoms. The standard InChI is InChI=1S/C15H21N5O2/c1-11-7-17-14(18-11)10-19-5-6-20(9-12(21)8-19)15(22)13-3-2-4-16-13/h2-4,7,12,16,21H,5-6,8-10H2,1H3,(H,17,18)/t12-/m1/s1. The largest absolute Gasteiger partial charge is 0.390 e. The molecule has 2 aromatic heterocycles. The van der Waals surface area contributed by atoms with Gasteiger partial charge in [0.1, 0.15) is 11.5 Å². The first-order valence-corrected chi connectivity index (χ1v) is 7.45. The van der Waals surface area contributed by atoms with Gasteiger partial charge in [0, 0.05) is 44.3 Å².